The van der Waals surface area contributed by atoms with Gasteiger partial charge in [0.15, 0.2) is 0 Å². The summed E-state index contributed by atoms with van der Waals surface area (Å²) in [6.45, 7) is 7.91. The van der Waals surface area contributed by atoms with E-state index in [1.165, 1.54) is 23.1 Å². The highest BCUT2D eigenvalue weighted by Crippen LogP contribution is 2.40. The van der Waals surface area contributed by atoms with Crippen molar-refractivity contribution < 1.29 is 41.5 Å². The van der Waals surface area contributed by atoms with Gasteiger partial charge in [-0.05, 0) is 85.9 Å². The molecule has 5 rings (SSSR count). The highest BCUT2D eigenvalue weighted by atomic mass is 19.4. The van der Waals surface area contributed by atoms with Crippen molar-refractivity contribution in [3.8, 4) is 0 Å². The number of halogens is 4. The number of carbonyl (C=O) groups excluding carboxylic acids is 4. The predicted molar refractivity (Wildman–Crippen MR) is 209 cm³/mol. The lowest BCUT2D eigenvalue weighted by Crippen LogP contribution is -2.52. The second kappa shape index (κ2) is 18.5. The van der Waals surface area contributed by atoms with Crippen molar-refractivity contribution in [2.45, 2.75) is 110 Å². The fourth-order valence-corrected chi connectivity index (χ4v) is 7.61. The van der Waals surface area contributed by atoms with Crippen LogP contribution in [0.5, 0.6) is 0 Å². The first-order valence-electron chi connectivity index (χ1n) is 19.6. The third-order valence-electron chi connectivity index (χ3n) is 10.9. The Morgan fingerprint density at radius 1 is 0.895 bits per heavy atom. The lowest BCUT2D eigenvalue weighted by molar-refractivity contribution is -0.152. The molecule has 308 valence electrons. The van der Waals surface area contributed by atoms with Crippen LogP contribution >= 0.6 is 0 Å². The molecule has 0 radical (unpaired) electrons. The van der Waals surface area contributed by atoms with E-state index >= 15 is 4.39 Å². The van der Waals surface area contributed by atoms with Crippen LogP contribution in [0.1, 0.15) is 105 Å². The number of amides is 3. The zero-order chi connectivity index (χ0) is 41.6. The molecule has 14 heteroatoms. The van der Waals surface area contributed by atoms with Crippen molar-refractivity contribution in [2.75, 3.05) is 17.2 Å². The second-order valence-electron chi connectivity index (χ2n) is 15.8. The van der Waals surface area contributed by atoms with Gasteiger partial charge in [-0.15, -0.1) is 0 Å². The number of carbonyl (C=O) groups is 4. The van der Waals surface area contributed by atoms with Crippen LogP contribution in [0.4, 0.5) is 28.9 Å². The van der Waals surface area contributed by atoms with E-state index in [9.17, 15) is 32.3 Å². The summed E-state index contributed by atoms with van der Waals surface area (Å²) < 4.78 is 63.9. The van der Waals surface area contributed by atoms with Crippen LogP contribution in [0.2, 0.25) is 0 Å². The number of hydrogen-bond donors (Lipinski definition) is 4. The lowest BCUT2D eigenvalue weighted by atomic mass is 9.83. The number of benzene rings is 3. The number of nitrogens with one attached hydrogen (secondary N) is 3. The van der Waals surface area contributed by atoms with Crippen molar-refractivity contribution in [3.05, 3.63) is 94.3 Å². The van der Waals surface area contributed by atoms with E-state index in [4.69, 9.17) is 10.5 Å². The number of likely N-dealkylation sites (tertiary alicyclic amines) is 1. The monoisotopic (exact) mass is 795 g/mol. The Hall–Kier alpha value is -4.98. The van der Waals surface area contributed by atoms with Crippen LogP contribution in [-0.4, -0.2) is 53.3 Å². The molecule has 2 aliphatic rings. The van der Waals surface area contributed by atoms with Gasteiger partial charge in [0.1, 0.15) is 18.5 Å². The molecule has 3 aromatic carbocycles. The van der Waals surface area contributed by atoms with E-state index < -0.39 is 77.8 Å². The second-order valence-corrected chi connectivity index (χ2v) is 15.8. The molecule has 0 unspecified atom stereocenters. The maximum atomic E-state index is 15.1. The zero-order valence-corrected chi connectivity index (χ0v) is 33.0. The minimum absolute atomic E-state index is 0.101. The summed E-state index contributed by atoms with van der Waals surface area (Å²) in [6.07, 6.45) is 0.243. The first-order valence-corrected chi connectivity index (χ1v) is 19.6. The van der Waals surface area contributed by atoms with Crippen molar-refractivity contribution in [3.63, 3.8) is 0 Å². The van der Waals surface area contributed by atoms with Crippen LogP contribution in [0.25, 0.3) is 0 Å². The maximum absolute atomic E-state index is 15.1. The average molecular weight is 796 g/mol. The molecule has 0 bridgehead atoms. The molecule has 5 N–H and O–H groups in total. The Bertz CT molecular complexity index is 1890. The Labute approximate surface area is 331 Å². The molecule has 3 aromatic rings. The highest BCUT2D eigenvalue weighted by molar-refractivity contribution is 5.98. The summed E-state index contributed by atoms with van der Waals surface area (Å²) >= 11 is 0. The Kier molecular flexibility index (Phi) is 14.0. The number of aryl methyl sites for hydroxylation is 1. The molecule has 1 aliphatic carbocycles. The number of hydrogen-bond acceptors (Lipinski definition) is 7. The molecule has 10 nitrogen and oxygen atoms in total. The predicted octanol–water partition coefficient (Wildman–Crippen LogP) is 7.91. The van der Waals surface area contributed by atoms with Crippen molar-refractivity contribution >= 4 is 35.1 Å². The molecule has 1 saturated heterocycles. The van der Waals surface area contributed by atoms with Crippen LogP contribution in [0.3, 0.4) is 0 Å². The quantitative estimate of drug-likeness (QED) is 0.102. The summed E-state index contributed by atoms with van der Waals surface area (Å²) in [5.41, 5.74) is 6.12. The summed E-state index contributed by atoms with van der Waals surface area (Å²) in [6, 6.07) is 12.4. The topological polar surface area (TPSA) is 143 Å². The van der Waals surface area contributed by atoms with Gasteiger partial charge < -0.3 is 31.3 Å². The van der Waals surface area contributed by atoms with Gasteiger partial charge in [0.2, 0.25) is 11.8 Å². The van der Waals surface area contributed by atoms with Gasteiger partial charge in [0.05, 0.1) is 29.1 Å². The summed E-state index contributed by atoms with van der Waals surface area (Å²) in [4.78, 5) is 55.3. The van der Waals surface area contributed by atoms with Gasteiger partial charge in [-0.25, -0.2) is 9.18 Å². The van der Waals surface area contributed by atoms with E-state index in [1.807, 2.05) is 24.3 Å². The normalized spacial score (nSPS) is 18.6. The van der Waals surface area contributed by atoms with Gasteiger partial charge in [-0.2, -0.15) is 13.2 Å². The van der Waals surface area contributed by atoms with Gasteiger partial charge >= 0.3 is 12.1 Å². The van der Waals surface area contributed by atoms with E-state index in [2.05, 4.69) is 16.0 Å². The number of nitrogens with two attached hydrogens (primary N) is 1. The van der Waals surface area contributed by atoms with Gasteiger partial charge in [-0.1, -0.05) is 70.9 Å². The molecule has 0 spiro atoms. The summed E-state index contributed by atoms with van der Waals surface area (Å²) in [5.74, 6) is -4.95. The van der Waals surface area contributed by atoms with Crippen LogP contribution in [0, 0.1) is 30.5 Å². The van der Waals surface area contributed by atoms with Crippen LogP contribution in [0.15, 0.2) is 60.7 Å². The number of piperidine rings is 1. The average Bonchev–Trinajstić information content (AvgIpc) is 3.68. The van der Waals surface area contributed by atoms with Gasteiger partial charge in [0, 0.05) is 29.5 Å². The first kappa shape index (κ1) is 43.1. The van der Waals surface area contributed by atoms with E-state index in [0.717, 1.165) is 43.5 Å². The van der Waals surface area contributed by atoms with E-state index in [0.29, 0.717) is 30.0 Å². The lowest BCUT2D eigenvalue weighted by Gasteiger charge is -2.41. The molecule has 1 heterocycles. The molecule has 1 saturated carbocycles. The number of ether oxygens (including phenoxy) is 1. The molecule has 3 amide bonds. The first-order chi connectivity index (χ1) is 27.0. The SMILES string of the molecule is Cc1cccc(F)c1C(=O)N1CCC[C@H](C(=O)Nc2ccc(COC(=O)[C@H](NC(=O)[C@@H](N)C(C)C)C(C)C)c(C(F)(F)F)c2)[C@@H]1c1ccc(NC2CCCC2)cc1. The molecule has 0 aromatic heterocycles. The number of anilines is 2. The Morgan fingerprint density at radius 3 is 2.18 bits per heavy atom. The number of rotatable bonds is 13. The van der Waals surface area contributed by atoms with Crippen molar-refractivity contribution in [2.24, 2.45) is 23.5 Å². The van der Waals surface area contributed by atoms with Gasteiger partial charge in [0.25, 0.3) is 5.91 Å². The summed E-state index contributed by atoms with van der Waals surface area (Å²) in [5, 5.41) is 8.71. The fourth-order valence-electron chi connectivity index (χ4n) is 7.61. The molecular formula is C43H53F4N5O5. The Morgan fingerprint density at radius 2 is 1.56 bits per heavy atom. The maximum Gasteiger partial charge on any atom is 0.416 e. The number of nitrogens with zero attached hydrogens (tertiary/aromatic N) is 1. The summed E-state index contributed by atoms with van der Waals surface area (Å²) in [7, 11) is 0. The largest absolute Gasteiger partial charge is 0.459 e. The van der Waals surface area contributed by atoms with Crippen LogP contribution < -0.4 is 21.7 Å². The van der Waals surface area contributed by atoms with Crippen molar-refractivity contribution in [1.82, 2.24) is 10.2 Å². The molecular weight excluding hydrogens is 742 g/mol. The molecule has 2 fully saturated rings. The standard InChI is InChI=1S/C43H53F4N5O5/c1-24(2)36(48)40(54)51-37(25(3)4)42(56)57-23-28-17-20-31(22-33(28)43(45,46)47)50-39(53)32-13-9-21-52(41(55)35-26(5)10-8-14-34(35)44)38(32)27-15-18-30(19-16-27)49-29-11-6-7-12-29/h8,10,14-20,22,24-25,29,32,36-38,49H,6-7,9,11-13,21,23,48H2,1-5H3,(H,50,53)(H,51,54)/t32-,36-,37+,38-/m0/s1. The minimum atomic E-state index is -4.89. The highest BCUT2D eigenvalue weighted by Gasteiger charge is 2.41. The van der Waals surface area contributed by atoms with E-state index in [1.54, 1.807) is 40.7 Å². The van der Waals surface area contributed by atoms with Crippen LogP contribution in [-0.2, 0) is 31.9 Å². The fraction of sp³-hybridized carbons (Fsp3) is 0.488. The molecule has 4 atom stereocenters. The zero-order valence-electron chi connectivity index (χ0n) is 33.0. The smallest absolute Gasteiger partial charge is 0.416 e. The van der Waals surface area contributed by atoms with Gasteiger partial charge in [-0.3, -0.25) is 14.4 Å². The van der Waals surface area contributed by atoms with E-state index in [-0.39, 0.29) is 29.3 Å². The third kappa shape index (κ3) is 10.5. The number of esters is 1. The Balaban J connectivity index is 1.39. The third-order valence-corrected chi connectivity index (χ3v) is 10.9. The number of alkyl halides is 3. The molecule has 57 heavy (non-hydrogen) atoms. The minimum Gasteiger partial charge on any atom is -0.459 e. The molecule has 1 aliphatic heterocycles. The van der Waals surface area contributed by atoms with Crippen molar-refractivity contribution in [1.29, 1.82) is 0 Å².